The molecule has 2 heterocycles. The first-order chi connectivity index (χ1) is 12.6. The van der Waals surface area contributed by atoms with Crippen LogP contribution < -0.4 is 15.7 Å². The third-order valence-electron chi connectivity index (χ3n) is 4.15. The molecule has 0 spiro atoms. The summed E-state index contributed by atoms with van der Waals surface area (Å²) in [7, 11) is 3.49. The molecule has 1 aliphatic rings. The number of piperazine rings is 1. The van der Waals surface area contributed by atoms with Gasteiger partial charge in [0.05, 0.1) is 13.3 Å². The van der Waals surface area contributed by atoms with Gasteiger partial charge in [-0.25, -0.2) is 15.4 Å². The highest BCUT2D eigenvalue weighted by atomic mass is 35.5. The van der Waals surface area contributed by atoms with Crippen LogP contribution in [0, 0.1) is 0 Å². The molecule has 1 aromatic heterocycles. The van der Waals surface area contributed by atoms with Crippen molar-refractivity contribution in [3.8, 4) is 0 Å². The van der Waals surface area contributed by atoms with Gasteiger partial charge in [0.1, 0.15) is 5.15 Å². The standard InChI is InChI=1S/C17H21ClN6O2/c1-23-7-9-24(10-8-23)13-5-3-12(4-6-13)20-16-15(17(25)22-26-2)19-11-14(18)21-16/h3-6,11H,7-10H2,1-2H3,(H,20,21)(H,22,25). The highest BCUT2D eigenvalue weighted by molar-refractivity contribution is 6.29. The number of hydrogen-bond donors (Lipinski definition) is 2. The summed E-state index contributed by atoms with van der Waals surface area (Å²) >= 11 is 5.92. The average Bonchev–Trinajstić information content (AvgIpc) is 2.63. The van der Waals surface area contributed by atoms with Crippen molar-refractivity contribution in [3.05, 3.63) is 41.3 Å². The molecule has 26 heavy (non-hydrogen) atoms. The van der Waals surface area contributed by atoms with Gasteiger partial charge in [0.2, 0.25) is 0 Å². The highest BCUT2D eigenvalue weighted by Crippen LogP contribution is 2.23. The molecule has 2 N–H and O–H groups in total. The van der Waals surface area contributed by atoms with Crippen LogP contribution in [0.3, 0.4) is 0 Å². The molecule has 3 rings (SSSR count). The molecule has 8 nitrogen and oxygen atoms in total. The second kappa shape index (κ2) is 8.31. The van der Waals surface area contributed by atoms with Gasteiger partial charge in [0.15, 0.2) is 11.5 Å². The summed E-state index contributed by atoms with van der Waals surface area (Å²) in [6, 6.07) is 7.96. The first kappa shape index (κ1) is 18.4. The Morgan fingerprint density at radius 1 is 1.19 bits per heavy atom. The van der Waals surface area contributed by atoms with Crippen LogP contribution in [0.4, 0.5) is 17.2 Å². The van der Waals surface area contributed by atoms with Crippen molar-refractivity contribution in [1.82, 2.24) is 20.3 Å². The van der Waals surface area contributed by atoms with Crippen molar-refractivity contribution in [2.45, 2.75) is 0 Å². The van der Waals surface area contributed by atoms with Crippen LogP contribution in [0.5, 0.6) is 0 Å². The van der Waals surface area contributed by atoms with Crippen molar-refractivity contribution >= 4 is 34.7 Å². The molecule has 138 valence electrons. The van der Waals surface area contributed by atoms with Crippen LogP contribution in [0.15, 0.2) is 30.5 Å². The third-order valence-corrected chi connectivity index (χ3v) is 4.33. The minimum Gasteiger partial charge on any atom is -0.369 e. The molecule has 1 aromatic carbocycles. The molecule has 1 aliphatic heterocycles. The van der Waals surface area contributed by atoms with Gasteiger partial charge < -0.3 is 15.1 Å². The fourth-order valence-corrected chi connectivity index (χ4v) is 2.85. The van der Waals surface area contributed by atoms with Crippen molar-refractivity contribution in [1.29, 1.82) is 0 Å². The van der Waals surface area contributed by atoms with E-state index in [0.29, 0.717) is 0 Å². The fourth-order valence-electron chi connectivity index (χ4n) is 2.72. The zero-order valence-electron chi connectivity index (χ0n) is 14.7. The van der Waals surface area contributed by atoms with E-state index in [1.807, 2.05) is 24.3 Å². The third kappa shape index (κ3) is 4.40. The Kier molecular flexibility index (Phi) is 5.87. The summed E-state index contributed by atoms with van der Waals surface area (Å²) in [5.74, 6) is -0.243. The normalized spacial score (nSPS) is 15.0. The quantitative estimate of drug-likeness (QED) is 0.771. The maximum absolute atomic E-state index is 12.0. The molecule has 0 radical (unpaired) electrons. The number of carbonyl (C=O) groups is 1. The van der Waals surface area contributed by atoms with Crippen LogP contribution in [0.25, 0.3) is 0 Å². The molecule has 1 amide bonds. The van der Waals surface area contributed by atoms with Gasteiger partial charge in [-0.3, -0.25) is 9.63 Å². The SMILES string of the molecule is CONC(=O)c1ncc(Cl)nc1Nc1ccc(N2CCN(C)CC2)cc1. The van der Waals surface area contributed by atoms with Gasteiger partial charge in [0.25, 0.3) is 5.91 Å². The number of hydrogen-bond acceptors (Lipinski definition) is 7. The van der Waals surface area contributed by atoms with E-state index in [1.165, 1.54) is 13.3 Å². The number of hydroxylamine groups is 1. The number of aromatic nitrogens is 2. The lowest BCUT2D eigenvalue weighted by Crippen LogP contribution is -2.44. The summed E-state index contributed by atoms with van der Waals surface area (Å²) in [5, 5.41) is 3.28. The predicted octanol–water partition coefficient (Wildman–Crippen LogP) is 1.92. The minimum absolute atomic E-state index is 0.0967. The van der Waals surface area contributed by atoms with E-state index in [0.717, 1.165) is 37.6 Å². The predicted molar refractivity (Wildman–Crippen MR) is 101 cm³/mol. The number of rotatable bonds is 5. The Bertz CT molecular complexity index is 762. The van der Waals surface area contributed by atoms with E-state index in [4.69, 9.17) is 11.6 Å². The number of benzene rings is 1. The van der Waals surface area contributed by atoms with Gasteiger partial charge in [-0.05, 0) is 31.3 Å². The molecular formula is C17H21ClN6O2. The summed E-state index contributed by atoms with van der Waals surface area (Å²) < 4.78 is 0. The van der Waals surface area contributed by atoms with Crippen molar-refractivity contribution in [2.75, 3.05) is 50.6 Å². The maximum Gasteiger partial charge on any atom is 0.297 e. The van der Waals surface area contributed by atoms with Crippen molar-refractivity contribution < 1.29 is 9.63 Å². The van der Waals surface area contributed by atoms with E-state index >= 15 is 0 Å². The van der Waals surface area contributed by atoms with Crippen LogP contribution in [-0.4, -0.2) is 61.1 Å². The largest absolute Gasteiger partial charge is 0.369 e. The van der Waals surface area contributed by atoms with Gasteiger partial charge in [-0.1, -0.05) is 11.6 Å². The molecule has 0 bridgehead atoms. The molecule has 9 heteroatoms. The summed E-state index contributed by atoms with van der Waals surface area (Å²) in [5.41, 5.74) is 4.27. The molecule has 0 saturated carbocycles. The summed E-state index contributed by atoms with van der Waals surface area (Å²) in [4.78, 5) is 29.5. The lowest BCUT2D eigenvalue weighted by molar-refractivity contribution is 0.0533. The molecule has 0 atom stereocenters. The van der Waals surface area contributed by atoms with Gasteiger partial charge in [-0.2, -0.15) is 0 Å². The van der Waals surface area contributed by atoms with Crippen molar-refractivity contribution in [2.24, 2.45) is 0 Å². The van der Waals surface area contributed by atoms with Gasteiger partial charge >= 0.3 is 0 Å². The smallest absolute Gasteiger partial charge is 0.297 e. The van der Waals surface area contributed by atoms with Gasteiger partial charge in [-0.15, -0.1) is 0 Å². The Labute approximate surface area is 157 Å². The van der Waals surface area contributed by atoms with E-state index in [9.17, 15) is 4.79 Å². The second-order valence-electron chi connectivity index (χ2n) is 5.99. The molecule has 0 unspecified atom stereocenters. The fraction of sp³-hybridized carbons (Fsp3) is 0.353. The van der Waals surface area contributed by atoms with Crippen LogP contribution in [0.1, 0.15) is 10.5 Å². The Hall–Kier alpha value is -2.42. The van der Waals surface area contributed by atoms with E-state index < -0.39 is 5.91 Å². The second-order valence-corrected chi connectivity index (χ2v) is 6.37. The van der Waals surface area contributed by atoms with Crippen molar-refractivity contribution in [3.63, 3.8) is 0 Å². The zero-order valence-corrected chi connectivity index (χ0v) is 15.5. The van der Waals surface area contributed by atoms with Crippen LogP contribution in [0.2, 0.25) is 5.15 Å². The lowest BCUT2D eigenvalue weighted by atomic mass is 10.2. The number of anilines is 3. The molecule has 0 aliphatic carbocycles. The topological polar surface area (TPSA) is 82.6 Å². The van der Waals surface area contributed by atoms with E-state index in [2.05, 4.69) is 42.4 Å². The molecule has 1 fully saturated rings. The Morgan fingerprint density at radius 2 is 1.88 bits per heavy atom. The lowest BCUT2D eigenvalue weighted by Gasteiger charge is -2.34. The number of amides is 1. The number of likely N-dealkylation sites (N-methyl/N-ethyl adjacent to an activating group) is 1. The number of nitrogens with zero attached hydrogens (tertiary/aromatic N) is 4. The van der Waals surface area contributed by atoms with Gasteiger partial charge in [0, 0.05) is 37.6 Å². The summed E-state index contributed by atoms with van der Waals surface area (Å²) in [6.07, 6.45) is 1.31. The zero-order chi connectivity index (χ0) is 18.5. The Balaban J connectivity index is 1.75. The summed E-state index contributed by atoms with van der Waals surface area (Å²) in [6.45, 7) is 4.11. The maximum atomic E-state index is 12.0. The monoisotopic (exact) mass is 376 g/mol. The molecule has 1 saturated heterocycles. The molecular weight excluding hydrogens is 356 g/mol. The highest BCUT2D eigenvalue weighted by Gasteiger charge is 2.17. The van der Waals surface area contributed by atoms with Crippen LogP contribution in [-0.2, 0) is 4.84 Å². The first-order valence-corrected chi connectivity index (χ1v) is 8.61. The van der Waals surface area contributed by atoms with E-state index in [1.54, 1.807) is 0 Å². The van der Waals surface area contributed by atoms with E-state index in [-0.39, 0.29) is 16.7 Å². The average molecular weight is 377 g/mol. The number of carbonyl (C=O) groups excluding carboxylic acids is 1. The number of nitrogens with one attached hydrogen (secondary N) is 2. The van der Waals surface area contributed by atoms with Crippen LogP contribution >= 0.6 is 11.6 Å². The Morgan fingerprint density at radius 3 is 2.54 bits per heavy atom. The minimum atomic E-state index is -0.506. The molecule has 2 aromatic rings. The first-order valence-electron chi connectivity index (χ1n) is 8.23. The number of halogens is 1.